The van der Waals surface area contributed by atoms with Gasteiger partial charge in [-0.1, -0.05) is 160 Å². The second-order valence-corrected chi connectivity index (χ2v) is 16.8. The number of para-hydroxylation sites is 1. The lowest BCUT2D eigenvalue weighted by molar-refractivity contribution is 0.660. The molecule has 0 saturated heterocycles. The summed E-state index contributed by atoms with van der Waals surface area (Å²) in [7, 11) is 0. The predicted octanol–water partition coefficient (Wildman–Crippen LogP) is 16.4. The maximum Gasteiger partial charge on any atom is 0.0494 e. The molecule has 1 aliphatic carbocycles. The van der Waals surface area contributed by atoms with Gasteiger partial charge in [0.15, 0.2) is 0 Å². The van der Waals surface area contributed by atoms with E-state index in [2.05, 4.69) is 220 Å². The Morgan fingerprint density at radius 2 is 1.13 bits per heavy atom. The van der Waals surface area contributed by atoms with Crippen molar-refractivity contribution in [2.75, 3.05) is 4.90 Å². The second kappa shape index (κ2) is 14.6. The second-order valence-electron chi connectivity index (χ2n) is 16.8. The summed E-state index contributed by atoms with van der Waals surface area (Å²) >= 11 is 0. The largest absolute Gasteiger partial charge is 0.337 e. The third-order valence-electron chi connectivity index (χ3n) is 12.7. The van der Waals surface area contributed by atoms with Crippen LogP contribution in [0.4, 0.5) is 17.1 Å². The molecule has 9 aromatic rings. The highest BCUT2D eigenvalue weighted by Crippen LogP contribution is 2.51. The van der Waals surface area contributed by atoms with Crippen molar-refractivity contribution in [2.24, 2.45) is 0 Å². The predicted molar refractivity (Wildman–Crippen MR) is 261 cm³/mol. The minimum atomic E-state index is -0.124. The van der Waals surface area contributed by atoms with Crippen LogP contribution in [0, 0.1) is 0 Å². The van der Waals surface area contributed by atoms with Crippen LogP contribution in [-0.2, 0) is 12.0 Å². The zero-order valence-electron chi connectivity index (χ0n) is 34.8. The van der Waals surface area contributed by atoms with Gasteiger partial charge >= 0.3 is 0 Å². The molecule has 8 aromatic carbocycles. The third kappa shape index (κ3) is 5.94. The molecule has 2 heteroatoms. The monoisotopic (exact) mass is 772 g/mol. The fourth-order valence-corrected chi connectivity index (χ4v) is 9.75. The molecule has 1 heterocycles. The lowest BCUT2D eigenvalue weighted by atomic mass is 9.82. The van der Waals surface area contributed by atoms with Crippen molar-refractivity contribution in [3.63, 3.8) is 0 Å². The van der Waals surface area contributed by atoms with E-state index in [4.69, 9.17) is 0 Å². The van der Waals surface area contributed by atoms with Crippen molar-refractivity contribution in [2.45, 2.75) is 39.7 Å². The van der Waals surface area contributed by atoms with Crippen molar-refractivity contribution in [3.8, 4) is 22.3 Å². The van der Waals surface area contributed by atoms with Gasteiger partial charge in [-0.15, -0.1) is 0 Å². The van der Waals surface area contributed by atoms with E-state index in [1.165, 1.54) is 82.3 Å². The number of allylic oxidation sites excluding steroid dienone is 4. The smallest absolute Gasteiger partial charge is 0.0494 e. The number of hydrogen-bond acceptors (Lipinski definition) is 1. The van der Waals surface area contributed by atoms with Crippen molar-refractivity contribution in [1.82, 2.24) is 4.57 Å². The van der Waals surface area contributed by atoms with Gasteiger partial charge in [0.05, 0.1) is 0 Å². The standard InChI is InChI=1S/C58H48N2/c1-7-44-45(8-2)48-31-29-42(36-52(48)47-19-10-9-18-46(44)47)60(43-30-32-50-49-20-11-13-22-54(49)58(5,6)55(50)37-43)41-27-24-39(25-28-41)40-26-33-57-53(35-40)51-21-12-14-23-56(51)59(57)34-16-15-17-38(3)4/h7-33,35-37H,1-2,34H2,3-6H3/b16-15-. The summed E-state index contributed by atoms with van der Waals surface area (Å²) in [5, 5.41) is 7.30. The van der Waals surface area contributed by atoms with Gasteiger partial charge in [0.1, 0.15) is 0 Å². The van der Waals surface area contributed by atoms with E-state index in [1.54, 1.807) is 0 Å². The van der Waals surface area contributed by atoms with E-state index < -0.39 is 0 Å². The first-order valence-corrected chi connectivity index (χ1v) is 21.0. The lowest BCUT2D eigenvalue weighted by Gasteiger charge is -2.29. The van der Waals surface area contributed by atoms with Gasteiger partial charge in [-0.25, -0.2) is 0 Å². The van der Waals surface area contributed by atoms with Crippen LogP contribution in [-0.4, -0.2) is 4.57 Å². The summed E-state index contributed by atoms with van der Waals surface area (Å²) < 4.78 is 2.42. The molecule has 1 aromatic heterocycles. The highest BCUT2D eigenvalue weighted by atomic mass is 15.1. The topological polar surface area (TPSA) is 8.17 Å². The van der Waals surface area contributed by atoms with E-state index in [1.807, 2.05) is 12.2 Å². The summed E-state index contributed by atoms with van der Waals surface area (Å²) in [6, 6.07) is 56.2. The van der Waals surface area contributed by atoms with Gasteiger partial charge in [-0.2, -0.15) is 0 Å². The Morgan fingerprint density at radius 3 is 1.90 bits per heavy atom. The van der Waals surface area contributed by atoms with Crippen LogP contribution in [0.2, 0.25) is 0 Å². The number of aromatic nitrogens is 1. The first kappa shape index (κ1) is 37.1. The van der Waals surface area contributed by atoms with Crippen molar-refractivity contribution in [1.29, 1.82) is 0 Å². The molecule has 0 bridgehead atoms. The molecule has 0 aliphatic heterocycles. The molecule has 0 fully saturated rings. The molecule has 60 heavy (non-hydrogen) atoms. The number of anilines is 3. The van der Waals surface area contributed by atoms with Crippen molar-refractivity contribution < 1.29 is 0 Å². The quantitative estimate of drug-likeness (QED) is 0.105. The molecule has 2 nitrogen and oxygen atoms in total. The lowest BCUT2D eigenvalue weighted by Crippen LogP contribution is -2.16. The number of nitrogens with zero attached hydrogens (tertiary/aromatic N) is 2. The molecule has 0 saturated carbocycles. The number of benzene rings is 8. The maximum absolute atomic E-state index is 4.24. The van der Waals surface area contributed by atoms with Gasteiger partial charge in [0, 0.05) is 50.8 Å². The molecule has 0 atom stereocenters. The Hall–Kier alpha value is -7.16. The Bertz CT molecular complexity index is 3250. The normalized spacial score (nSPS) is 12.9. The molecule has 0 N–H and O–H groups in total. The van der Waals surface area contributed by atoms with Gasteiger partial charge in [-0.3, -0.25) is 0 Å². The highest BCUT2D eigenvalue weighted by Gasteiger charge is 2.35. The van der Waals surface area contributed by atoms with Gasteiger partial charge in [0.25, 0.3) is 0 Å². The SMILES string of the molecule is C=Cc1c(C=C)c2ccc(N(c3ccc(-c4ccc5c(c4)c4ccccc4n5C/C=C\C=C(C)C)cc3)c3ccc4c(c3)C(C)(C)c3ccccc3-4)cc2c2ccccc12. The Morgan fingerprint density at radius 1 is 0.533 bits per heavy atom. The van der Waals surface area contributed by atoms with Gasteiger partial charge in [0.2, 0.25) is 0 Å². The molecule has 10 rings (SSSR count). The van der Waals surface area contributed by atoms with Crippen LogP contribution in [0.3, 0.4) is 0 Å². The average Bonchev–Trinajstić information content (AvgIpc) is 3.71. The van der Waals surface area contributed by atoms with Crippen LogP contribution < -0.4 is 4.90 Å². The highest BCUT2D eigenvalue weighted by molar-refractivity contribution is 6.16. The van der Waals surface area contributed by atoms with Gasteiger partial charge < -0.3 is 9.47 Å². The van der Waals surface area contributed by atoms with Crippen LogP contribution >= 0.6 is 0 Å². The molecule has 0 radical (unpaired) electrons. The third-order valence-corrected chi connectivity index (χ3v) is 12.7. The van der Waals surface area contributed by atoms with E-state index >= 15 is 0 Å². The molecule has 1 aliphatic rings. The molecular weight excluding hydrogens is 725 g/mol. The van der Waals surface area contributed by atoms with E-state index in [9.17, 15) is 0 Å². The van der Waals surface area contributed by atoms with E-state index in [0.717, 1.165) is 34.7 Å². The first-order chi connectivity index (χ1) is 29.3. The van der Waals surface area contributed by atoms with E-state index in [-0.39, 0.29) is 5.41 Å². The zero-order chi connectivity index (χ0) is 41.1. The minimum absolute atomic E-state index is 0.124. The first-order valence-electron chi connectivity index (χ1n) is 21.0. The van der Waals surface area contributed by atoms with Gasteiger partial charge in [-0.05, 0) is 134 Å². The number of hydrogen-bond donors (Lipinski definition) is 0. The van der Waals surface area contributed by atoms with Crippen LogP contribution in [0.5, 0.6) is 0 Å². The summed E-state index contributed by atoms with van der Waals surface area (Å²) in [5.74, 6) is 0. The Labute approximate surface area is 353 Å². The Kier molecular flexibility index (Phi) is 9.03. The summed E-state index contributed by atoms with van der Waals surface area (Å²) in [6.45, 7) is 18.2. The van der Waals surface area contributed by atoms with Crippen LogP contribution in [0.25, 0.3) is 77.8 Å². The number of fused-ring (bicyclic) bond motifs is 9. The zero-order valence-corrected chi connectivity index (χ0v) is 34.8. The van der Waals surface area contributed by atoms with Crippen molar-refractivity contribution in [3.05, 3.63) is 211 Å². The minimum Gasteiger partial charge on any atom is -0.337 e. The van der Waals surface area contributed by atoms with Crippen molar-refractivity contribution >= 4 is 72.6 Å². The maximum atomic E-state index is 4.24. The molecule has 290 valence electrons. The Balaban J connectivity index is 1.11. The fourth-order valence-electron chi connectivity index (χ4n) is 9.75. The van der Waals surface area contributed by atoms with Crippen LogP contribution in [0.1, 0.15) is 49.9 Å². The molecule has 0 spiro atoms. The molecular formula is C58H48N2. The summed E-state index contributed by atoms with van der Waals surface area (Å²) in [4.78, 5) is 2.42. The van der Waals surface area contributed by atoms with E-state index in [0.29, 0.717) is 0 Å². The summed E-state index contributed by atoms with van der Waals surface area (Å²) in [5.41, 5.74) is 17.0. The van der Waals surface area contributed by atoms with Crippen LogP contribution in [0.15, 0.2) is 189 Å². The number of rotatable bonds is 9. The summed E-state index contributed by atoms with van der Waals surface area (Å²) in [6.07, 6.45) is 10.5. The fraction of sp³-hybridized carbons (Fsp3) is 0.103. The molecule has 0 unspecified atom stereocenters. The average molecular weight is 773 g/mol. The molecule has 0 amide bonds.